The molecule has 6 nitrogen and oxygen atoms in total. The van der Waals surface area contributed by atoms with Crippen molar-refractivity contribution < 1.29 is 14.3 Å². The Hall–Kier alpha value is -2.73. The van der Waals surface area contributed by atoms with Crippen molar-refractivity contribution in [3.05, 3.63) is 54.1 Å². The van der Waals surface area contributed by atoms with E-state index >= 15 is 0 Å². The van der Waals surface area contributed by atoms with Gasteiger partial charge in [0.25, 0.3) is 0 Å². The molecular formula is C25H37N3O3. The van der Waals surface area contributed by atoms with Gasteiger partial charge in [-0.05, 0) is 56.3 Å². The predicted octanol–water partition coefficient (Wildman–Crippen LogP) is 5.45. The highest BCUT2D eigenvalue weighted by molar-refractivity contribution is 5.90. The maximum Gasteiger partial charge on any atom is 0.322 e. The van der Waals surface area contributed by atoms with Gasteiger partial charge >= 0.3 is 6.03 Å². The van der Waals surface area contributed by atoms with Crippen LogP contribution >= 0.6 is 0 Å². The molecule has 0 aromatic heterocycles. The van der Waals surface area contributed by atoms with E-state index in [-0.39, 0.29) is 12.1 Å². The van der Waals surface area contributed by atoms with Crippen LogP contribution in [0.25, 0.3) is 0 Å². The van der Waals surface area contributed by atoms with E-state index in [1.807, 2.05) is 60.4 Å². The van der Waals surface area contributed by atoms with Gasteiger partial charge in [0.05, 0.1) is 19.8 Å². The van der Waals surface area contributed by atoms with Gasteiger partial charge in [-0.15, -0.1) is 0 Å². The Morgan fingerprint density at radius 3 is 2.45 bits per heavy atom. The molecule has 6 heteroatoms. The number of carbonyl (C=O) groups excluding carboxylic acids is 1. The number of benzene rings is 2. The number of methoxy groups -OCH3 is 1. The molecule has 0 saturated heterocycles. The predicted molar refractivity (Wildman–Crippen MR) is 127 cm³/mol. The molecule has 0 radical (unpaired) electrons. The normalized spacial score (nSPS) is 11.8. The van der Waals surface area contributed by atoms with Gasteiger partial charge in [-0.1, -0.05) is 44.2 Å². The molecule has 0 aliphatic heterocycles. The number of ether oxygens (including phenoxy) is 2. The fourth-order valence-electron chi connectivity index (χ4n) is 3.38. The number of amides is 2. The topological polar surface area (TPSA) is 76.8 Å². The smallest absolute Gasteiger partial charge is 0.322 e. The summed E-state index contributed by atoms with van der Waals surface area (Å²) in [7, 11) is 1.62. The number of anilines is 1. The molecule has 2 amide bonds. The average Bonchev–Trinajstić information content (AvgIpc) is 2.77. The molecule has 3 N–H and O–H groups in total. The second-order valence-corrected chi connectivity index (χ2v) is 8.10. The number of nitrogens with zero attached hydrogens (tertiary/aromatic N) is 1. The first-order valence-electron chi connectivity index (χ1n) is 11.1. The third-order valence-corrected chi connectivity index (χ3v) is 5.21. The number of nitrogens with two attached hydrogens (primary N) is 1. The zero-order valence-electron chi connectivity index (χ0n) is 19.3. The Kier molecular flexibility index (Phi) is 10.2. The number of nitrogens with one attached hydrogen (secondary N) is 1. The minimum Gasteiger partial charge on any atom is -0.493 e. The molecule has 0 heterocycles. The standard InChI is InChI=1S/C25H37N3O3/c1-19(2)10-8-17-31-24-18-22(13-14-23(24)30-4)27-25(29)28(16-9-15-26)20(3)21-11-6-5-7-12-21/h5-7,11-14,18-20H,8-10,15-17,26H2,1-4H3,(H,27,29)/t20-/m0/s1. The fraction of sp³-hybridized carbons (Fsp3) is 0.480. The summed E-state index contributed by atoms with van der Waals surface area (Å²) in [4.78, 5) is 15.0. The maximum atomic E-state index is 13.1. The van der Waals surface area contributed by atoms with Gasteiger partial charge in [0.15, 0.2) is 11.5 Å². The van der Waals surface area contributed by atoms with Gasteiger partial charge < -0.3 is 25.4 Å². The number of rotatable bonds is 12. The fourth-order valence-corrected chi connectivity index (χ4v) is 3.38. The zero-order chi connectivity index (χ0) is 22.6. The molecule has 0 unspecified atom stereocenters. The first-order chi connectivity index (χ1) is 15.0. The van der Waals surface area contributed by atoms with E-state index in [9.17, 15) is 4.79 Å². The van der Waals surface area contributed by atoms with Crippen LogP contribution in [-0.2, 0) is 0 Å². The molecule has 31 heavy (non-hydrogen) atoms. The molecule has 0 aliphatic carbocycles. The van der Waals surface area contributed by atoms with Gasteiger partial charge in [-0.25, -0.2) is 4.79 Å². The van der Waals surface area contributed by atoms with Gasteiger partial charge in [-0.2, -0.15) is 0 Å². The van der Waals surface area contributed by atoms with Crippen molar-refractivity contribution in [2.45, 2.75) is 46.1 Å². The van der Waals surface area contributed by atoms with Crippen LogP contribution in [0.2, 0.25) is 0 Å². The number of hydrogen-bond donors (Lipinski definition) is 2. The summed E-state index contributed by atoms with van der Waals surface area (Å²) < 4.78 is 11.4. The SMILES string of the molecule is COc1ccc(NC(=O)N(CCCN)[C@@H](C)c2ccccc2)cc1OCCCC(C)C. The molecule has 0 bridgehead atoms. The van der Waals surface area contributed by atoms with Crippen LogP contribution in [0, 0.1) is 5.92 Å². The van der Waals surface area contributed by atoms with Gasteiger partial charge in [0.1, 0.15) is 0 Å². The van der Waals surface area contributed by atoms with E-state index in [2.05, 4.69) is 19.2 Å². The quantitative estimate of drug-likeness (QED) is 0.441. The highest BCUT2D eigenvalue weighted by atomic mass is 16.5. The Labute approximate surface area is 186 Å². The van der Waals surface area contributed by atoms with Crippen LogP contribution < -0.4 is 20.5 Å². The summed E-state index contributed by atoms with van der Waals surface area (Å²) in [6, 6.07) is 15.2. The third-order valence-electron chi connectivity index (χ3n) is 5.21. The van der Waals surface area contributed by atoms with Gasteiger partial charge in [0.2, 0.25) is 0 Å². The van der Waals surface area contributed by atoms with Gasteiger partial charge in [-0.3, -0.25) is 0 Å². The molecular weight excluding hydrogens is 390 g/mol. The Morgan fingerprint density at radius 1 is 1.06 bits per heavy atom. The lowest BCUT2D eigenvalue weighted by Crippen LogP contribution is -2.38. The summed E-state index contributed by atoms with van der Waals surface area (Å²) >= 11 is 0. The van der Waals surface area contributed by atoms with Crippen molar-refractivity contribution >= 4 is 11.7 Å². The Bertz CT molecular complexity index is 796. The van der Waals surface area contributed by atoms with E-state index in [4.69, 9.17) is 15.2 Å². The maximum absolute atomic E-state index is 13.1. The molecule has 0 fully saturated rings. The zero-order valence-corrected chi connectivity index (χ0v) is 19.3. The Balaban J connectivity index is 2.11. The number of urea groups is 1. The van der Waals surface area contributed by atoms with Crippen LogP contribution in [0.4, 0.5) is 10.5 Å². The molecule has 170 valence electrons. The number of carbonyl (C=O) groups is 1. The lowest BCUT2D eigenvalue weighted by Gasteiger charge is -2.30. The molecule has 1 atom stereocenters. The second kappa shape index (κ2) is 12.8. The van der Waals surface area contributed by atoms with Crippen molar-refractivity contribution in [1.82, 2.24) is 4.90 Å². The summed E-state index contributed by atoms with van der Waals surface area (Å²) in [6.07, 6.45) is 2.81. The second-order valence-electron chi connectivity index (χ2n) is 8.10. The molecule has 2 rings (SSSR count). The summed E-state index contributed by atoms with van der Waals surface area (Å²) in [5.41, 5.74) is 7.46. The van der Waals surface area contributed by atoms with Crippen molar-refractivity contribution in [2.75, 3.05) is 32.1 Å². The van der Waals surface area contributed by atoms with Crippen molar-refractivity contribution in [2.24, 2.45) is 11.7 Å². The molecule has 0 spiro atoms. The molecule has 2 aromatic carbocycles. The van der Waals surface area contributed by atoms with Crippen molar-refractivity contribution in [3.8, 4) is 11.5 Å². The van der Waals surface area contributed by atoms with Crippen LogP contribution in [0.3, 0.4) is 0 Å². The largest absolute Gasteiger partial charge is 0.493 e. The monoisotopic (exact) mass is 427 g/mol. The minimum atomic E-state index is -0.166. The van der Waals surface area contributed by atoms with E-state index in [0.29, 0.717) is 42.8 Å². The van der Waals surface area contributed by atoms with Crippen molar-refractivity contribution in [3.63, 3.8) is 0 Å². The van der Waals surface area contributed by atoms with Crippen LogP contribution in [0.15, 0.2) is 48.5 Å². The third kappa shape index (κ3) is 7.79. The van der Waals surface area contributed by atoms with Gasteiger partial charge in [0, 0.05) is 18.3 Å². The first-order valence-corrected chi connectivity index (χ1v) is 11.1. The lowest BCUT2D eigenvalue weighted by molar-refractivity contribution is 0.192. The van der Waals surface area contributed by atoms with Crippen molar-refractivity contribution in [1.29, 1.82) is 0 Å². The van der Waals surface area contributed by atoms with Crippen LogP contribution in [-0.4, -0.2) is 37.7 Å². The number of hydrogen-bond acceptors (Lipinski definition) is 4. The Morgan fingerprint density at radius 2 is 1.81 bits per heavy atom. The first kappa shape index (κ1) is 24.5. The van der Waals surface area contributed by atoms with Crippen LogP contribution in [0.5, 0.6) is 11.5 Å². The van der Waals surface area contributed by atoms with E-state index < -0.39 is 0 Å². The summed E-state index contributed by atoms with van der Waals surface area (Å²) in [5.74, 6) is 1.93. The summed E-state index contributed by atoms with van der Waals surface area (Å²) in [5, 5.41) is 3.01. The molecule has 0 aliphatic rings. The van der Waals surface area contributed by atoms with E-state index in [0.717, 1.165) is 24.8 Å². The molecule has 0 saturated carbocycles. The molecule has 2 aromatic rings. The van der Waals surface area contributed by atoms with E-state index in [1.54, 1.807) is 7.11 Å². The highest BCUT2D eigenvalue weighted by Crippen LogP contribution is 2.31. The summed E-state index contributed by atoms with van der Waals surface area (Å²) in [6.45, 7) is 8.14. The highest BCUT2D eigenvalue weighted by Gasteiger charge is 2.21. The lowest BCUT2D eigenvalue weighted by atomic mass is 10.1. The van der Waals surface area contributed by atoms with Crippen LogP contribution in [0.1, 0.15) is 51.6 Å². The average molecular weight is 428 g/mol. The minimum absolute atomic E-state index is 0.0715. The van der Waals surface area contributed by atoms with E-state index in [1.165, 1.54) is 0 Å².